The SMILES string of the molecule is COC(=O)[C@@H]1C[C@]2(C)C(C(=O)COC(C)=O)=CC[C@H]2[C@H]2CCC3=CC(=O)C=C[C@]3(C)[C@]21F. The summed E-state index contributed by atoms with van der Waals surface area (Å²) in [5, 5.41) is 0. The number of halogens is 1. The summed E-state index contributed by atoms with van der Waals surface area (Å²) >= 11 is 0. The molecule has 0 aromatic rings. The number of carbonyl (C=O) groups is 4. The normalized spacial score (nSPS) is 39.8. The lowest BCUT2D eigenvalue weighted by Gasteiger charge is -2.62. The predicted molar refractivity (Wildman–Crippen MR) is 113 cm³/mol. The number of carbonyl (C=O) groups excluding carboxylic acids is 4. The van der Waals surface area contributed by atoms with Crippen LogP contribution in [-0.2, 0) is 28.7 Å². The molecular weight excluding hydrogens is 415 g/mol. The molecule has 0 aliphatic heterocycles. The van der Waals surface area contributed by atoms with Crippen LogP contribution in [0, 0.1) is 28.6 Å². The summed E-state index contributed by atoms with van der Waals surface area (Å²) in [6.07, 6.45) is 7.98. The second kappa shape index (κ2) is 7.49. The molecule has 6 nitrogen and oxygen atoms in total. The molecule has 0 amide bonds. The van der Waals surface area contributed by atoms with Gasteiger partial charge in [-0.25, -0.2) is 4.39 Å². The topological polar surface area (TPSA) is 86.7 Å². The molecule has 0 aromatic heterocycles. The molecule has 2 saturated carbocycles. The van der Waals surface area contributed by atoms with E-state index in [2.05, 4.69) is 0 Å². The minimum atomic E-state index is -1.95. The zero-order valence-corrected chi connectivity index (χ0v) is 18.9. The summed E-state index contributed by atoms with van der Waals surface area (Å²) in [6.45, 7) is 4.54. The Balaban J connectivity index is 1.78. The third kappa shape index (κ3) is 2.96. The van der Waals surface area contributed by atoms with Crippen molar-refractivity contribution in [1.29, 1.82) is 0 Å². The van der Waals surface area contributed by atoms with Crippen molar-refractivity contribution in [3.63, 3.8) is 0 Å². The maximum Gasteiger partial charge on any atom is 0.312 e. The van der Waals surface area contributed by atoms with E-state index < -0.39 is 40.3 Å². The minimum Gasteiger partial charge on any atom is -0.469 e. The molecule has 0 spiro atoms. The van der Waals surface area contributed by atoms with Gasteiger partial charge in [0.2, 0.25) is 0 Å². The van der Waals surface area contributed by atoms with Gasteiger partial charge in [0.15, 0.2) is 18.2 Å². The van der Waals surface area contributed by atoms with Gasteiger partial charge in [-0.3, -0.25) is 19.2 Å². The quantitative estimate of drug-likeness (QED) is 0.618. The van der Waals surface area contributed by atoms with Crippen molar-refractivity contribution in [2.75, 3.05) is 13.7 Å². The van der Waals surface area contributed by atoms with Crippen LogP contribution in [0.4, 0.5) is 4.39 Å². The van der Waals surface area contributed by atoms with Gasteiger partial charge in [-0.2, -0.15) is 0 Å². The standard InChI is InChI=1S/C25H29FO6/c1-14(27)32-13-21(29)19-8-7-17-18-6-5-15-11-16(28)9-10-24(15,3)25(18,26)20(22(30)31-4)12-23(17,19)2/h8-11,17-18,20H,5-7,12-13H2,1-4H3/t17-,18+,20-,23-,24-,25-/m0/s1. The van der Waals surface area contributed by atoms with Crippen LogP contribution in [0.25, 0.3) is 0 Å². The van der Waals surface area contributed by atoms with Crippen LogP contribution in [0.5, 0.6) is 0 Å². The van der Waals surface area contributed by atoms with Gasteiger partial charge >= 0.3 is 11.9 Å². The van der Waals surface area contributed by atoms with Crippen LogP contribution < -0.4 is 0 Å². The van der Waals surface area contributed by atoms with E-state index in [4.69, 9.17) is 9.47 Å². The van der Waals surface area contributed by atoms with Crippen LogP contribution in [0.15, 0.2) is 35.5 Å². The fraction of sp³-hybridized carbons (Fsp3) is 0.600. The molecule has 32 heavy (non-hydrogen) atoms. The van der Waals surface area contributed by atoms with E-state index in [0.29, 0.717) is 30.4 Å². The van der Waals surface area contributed by atoms with Crippen molar-refractivity contribution in [2.24, 2.45) is 28.6 Å². The molecule has 0 radical (unpaired) electrons. The van der Waals surface area contributed by atoms with Gasteiger partial charge in [0.1, 0.15) is 5.67 Å². The summed E-state index contributed by atoms with van der Waals surface area (Å²) in [4.78, 5) is 49.1. The average Bonchev–Trinajstić information content (AvgIpc) is 3.09. The maximum atomic E-state index is 17.5. The lowest BCUT2D eigenvalue weighted by molar-refractivity contribution is -0.186. The first-order valence-corrected chi connectivity index (χ1v) is 11.1. The summed E-state index contributed by atoms with van der Waals surface area (Å²) in [6, 6.07) is 0. The summed E-state index contributed by atoms with van der Waals surface area (Å²) < 4.78 is 27.4. The lowest BCUT2D eigenvalue weighted by Crippen LogP contribution is -2.66. The van der Waals surface area contributed by atoms with E-state index in [1.165, 1.54) is 26.2 Å². The second-order valence-electron chi connectivity index (χ2n) is 9.88. The van der Waals surface area contributed by atoms with E-state index in [-0.39, 0.29) is 30.5 Å². The molecule has 2 fully saturated rings. The minimum absolute atomic E-state index is 0.111. The number of methoxy groups -OCH3 is 1. The third-order valence-electron chi connectivity index (χ3n) is 8.45. The molecule has 0 N–H and O–H groups in total. The Kier molecular flexibility index (Phi) is 5.30. The van der Waals surface area contributed by atoms with Crippen LogP contribution >= 0.6 is 0 Å². The first kappa shape index (κ1) is 22.6. The third-order valence-corrected chi connectivity index (χ3v) is 8.45. The maximum absolute atomic E-state index is 17.5. The van der Waals surface area contributed by atoms with Crippen LogP contribution in [0.1, 0.15) is 46.5 Å². The van der Waals surface area contributed by atoms with Crippen molar-refractivity contribution >= 4 is 23.5 Å². The Morgan fingerprint density at radius 2 is 1.94 bits per heavy atom. The number of rotatable bonds is 4. The monoisotopic (exact) mass is 444 g/mol. The number of hydrogen-bond donors (Lipinski definition) is 0. The predicted octanol–water partition coefficient (Wildman–Crippen LogP) is 3.45. The Morgan fingerprint density at radius 3 is 2.59 bits per heavy atom. The lowest BCUT2D eigenvalue weighted by atomic mass is 9.43. The number of fused-ring (bicyclic) bond motifs is 5. The first-order chi connectivity index (χ1) is 15.0. The molecule has 0 heterocycles. The van der Waals surface area contributed by atoms with Gasteiger partial charge < -0.3 is 9.47 Å². The summed E-state index contributed by atoms with van der Waals surface area (Å²) in [5.41, 5.74) is -2.58. The van der Waals surface area contributed by atoms with E-state index in [0.717, 1.165) is 0 Å². The van der Waals surface area contributed by atoms with Gasteiger partial charge in [0, 0.05) is 23.3 Å². The Morgan fingerprint density at radius 1 is 1.22 bits per heavy atom. The van der Waals surface area contributed by atoms with Gasteiger partial charge in [-0.1, -0.05) is 24.6 Å². The highest BCUT2D eigenvalue weighted by atomic mass is 19.1. The smallest absolute Gasteiger partial charge is 0.312 e. The summed E-state index contributed by atoms with van der Waals surface area (Å²) in [5.74, 6) is -3.47. The highest BCUT2D eigenvalue weighted by molar-refractivity contribution is 6.01. The van der Waals surface area contributed by atoms with Crippen molar-refractivity contribution in [3.8, 4) is 0 Å². The second-order valence-corrected chi connectivity index (χ2v) is 9.88. The number of ketones is 2. The summed E-state index contributed by atoms with van der Waals surface area (Å²) in [7, 11) is 1.24. The fourth-order valence-electron chi connectivity index (χ4n) is 6.91. The average molecular weight is 444 g/mol. The molecular formula is C25H29FO6. The molecule has 4 aliphatic rings. The first-order valence-electron chi connectivity index (χ1n) is 11.1. The van der Waals surface area contributed by atoms with Crippen LogP contribution in [0.3, 0.4) is 0 Å². The molecule has 0 aromatic carbocycles. The van der Waals surface area contributed by atoms with E-state index in [1.54, 1.807) is 13.0 Å². The molecule has 4 rings (SSSR count). The number of hydrogen-bond acceptors (Lipinski definition) is 6. The number of ether oxygens (including phenoxy) is 2. The number of alkyl halides is 1. The zero-order valence-electron chi connectivity index (χ0n) is 18.9. The number of allylic oxidation sites excluding steroid dienone is 5. The van der Waals surface area contributed by atoms with Crippen molar-refractivity contribution in [1.82, 2.24) is 0 Å². The van der Waals surface area contributed by atoms with Crippen LogP contribution in [0.2, 0.25) is 0 Å². The van der Waals surface area contributed by atoms with Gasteiger partial charge in [0.25, 0.3) is 0 Å². The molecule has 4 aliphatic carbocycles. The van der Waals surface area contributed by atoms with Gasteiger partial charge in [-0.05, 0) is 56.6 Å². The molecule has 0 bridgehead atoms. The van der Waals surface area contributed by atoms with Crippen molar-refractivity contribution in [2.45, 2.75) is 52.1 Å². The Hall–Kier alpha value is -2.57. The molecule has 172 valence electrons. The Bertz CT molecular complexity index is 992. The molecule has 0 unspecified atom stereocenters. The molecule has 0 saturated heterocycles. The van der Waals surface area contributed by atoms with Crippen molar-refractivity contribution in [3.05, 3.63) is 35.5 Å². The van der Waals surface area contributed by atoms with Gasteiger partial charge in [0.05, 0.1) is 13.0 Å². The molecule has 6 atom stereocenters. The van der Waals surface area contributed by atoms with E-state index in [1.807, 2.05) is 13.0 Å². The fourth-order valence-corrected chi connectivity index (χ4v) is 6.91. The number of esters is 2. The van der Waals surface area contributed by atoms with Crippen molar-refractivity contribution < 1.29 is 33.0 Å². The molecule has 7 heteroatoms. The van der Waals surface area contributed by atoms with E-state index in [9.17, 15) is 19.2 Å². The highest BCUT2D eigenvalue weighted by Crippen LogP contribution is 2.69. The number of Topliss-reactive ketones (excluding diaryl/α,β-unsaturated/α-hetero) is 1. The van der Waals surface area contributed by atoms with Crippen LogP contribution in [-0.4, -0.2) is 42.9 Å². The Labute approximate surface area is 186 Å². The highest BCUT2D eigenvalue weighted by Gasteiger charge is 2.71. The van der Waals surface area contributed by atoms with Gasteiger partial charge in [-0.15, -0.1) is 0 Å². The zero-order chi connectivity index (χ0) is 23.5. The van der Waals surface area contributed by atoms with E-state index >= 15 is 4.39 Å². The largest absolute Gasteiger partial charge is 0.469 e.